The lowest BCUT2D eigenvalue weighted by atomic mass is 10.1. The first-order valence-electron chi connectivity index (χ1n) is 18.4. The maximum Gasteiger partial charge on any atom is 0.206 e. The molecule has 4 aromatic carbocycles. The molecule has 5 aromatic rings. The lowest BCUT2D eigenvalue weighted by molar-refractivity contribution is 0.102. The Balaban J connectivity index is 0.000000499. The predicted molar refractivity (Wildman–Crippen MR) is 284 cm³/mol. The van der Waals surface area contributed by atoms with Gasteiger partial charge in [0.15, 0.2) is 21.2 Å². The van der Waals surface area contributed by atoms with Crippen LogP contribution in [0.4, 0.5) is 22.3 Å². The Labute approximate surface area is 408 Å². The van der Waals surface area contributed by atoms with Crippen molar-refractivity contribution in [1.29, 1.82) is 0 Å². The molecule has 5 rings (SSSR count). The van der Waals surface area contributed by atoms with Crippen LogP contribution >= 0.6 is 93.0 Å². The average molecular weight is 1120 g/mol. The summed E-state index contributed by atoms with van der Waals surface area (Å²) in [6.07, 6.45) is 0. The zero-order valence-corrected chi connectivity index (χ0v) is 43.2. The Morgan fingerprint density at radius 3 is 1.82 bits per heavy atom. The van der Waals surface area contributed by atoms with Crippen molar-refractivity contribution in [3.05, 3.63) is 122 Å². The topological polar surface area (TPSA) is 160 Å². The highest BCUT2D eigenvalue weighted by Gasteiger charge is 2.18. The average Bonchev–Trinajstić information content (AvgIpc) is 3.58. The van der Waals surface area contributed by atoms with Crippen LogP contribution in [0.1, 0.15) is 39.9 Å². The van der Waals surface area contributed by atoms with Crippen molar-refractivity contribution in [2.24, 2.45) is 10.7 Å². The maximum atomic E-state index is 12.7. The fourth-order valence-electron chi connectivity index (χ4n) is 4.56. The number of alkyl halides is 1. The van der Waals surface area contributed by atoms with Gasteiger partial charge in [-0.15, -0.1) is 0 Å². The standard InChI is InChI=1S/C20H21BrN4O2S.C14H22N4OS2.C8H6Br2O.CH4.H3P/c1-25(2)10-11-27-16-8-6-15(7-9-16)23-20-24-19(22)18(28-20)17(26)13-4-3-5-14(21)12-13;1-4-21-13(15)17-14(20)16-11-5-7-12(8-6-11)19-10-9-18(2)3;9-5-8(11)6-2-1-3-7(10)4-6;;/h3-9,12H,10-11,22H2,1-2H3,(H,23,24);5-8H,4,9-10H2,1-3H3,(H3,15,16,17,20);1-4H,5H2;1H4;1H3. The first-order chi connectivity index (χ1) is 28.7. The number of benzene rings is 4. The Hall–Kier alpha value is -3.45. The first-order valence-corrected chi connectivity index (χ1v) is 23.3. The van der Waals surface area contributed by atoms with Crippen LogP contribution in [0, 0.1) is 0 Å². The van der Waals surface area contributed by atoms with Crippen LogP contribution in [0.25, 0.3) is 0 Å². The number of nitrogens with one attached hydrogen (secondary N) is 2. The van der Waals surface area contributed by atoms with Gasteiger partial charge in [0.25, 0.3) is 0 Å². The van der Waals surface area contributed by atoms with Gasteiger partial charge in [-0.2, -0.15) is 14.9 Å². The summed E-state index contributed by atoms with van der Waals surface area (Å²) in [7, 11) is 8.04. The second-order valence-corrected chi connectivity index (χ2v) is 18.0. The molecule has 1 aromatic heterocycles. The van der Waals surface area contributed by atoms with Gasteiger partial charge in [-0.1, -0.05) is 110 Å². The third kappa shape index (κ3) is 21.8. The molecule has 0 bridgehead atoms. The zero-order valence-electron chi connectivity index (χ0n) is 34.6. The van der Waals surface area contributed by atoms with Crippen LogP contribution in [0.2, 0.25) is 0 Å². The number of ether oxygens (including phenoxy) is 2. The van der Waals surface area contributed by atoms with Crippen molar-refractivity contribution < 1.29 is 19.1 Å². The number of carbonyl (C=O) groups is 2. The van der Waals surface area contributed by atoms with E-state index < -0.39 is 0 Å². The fraction of sp³-hybridized carbons (Fsp3) is 0.279. The Bertz CT molecular complexity index is 2160. The van der Waals surface area contributed by atoms with Crippen LogP contribution in [0.3, 0.4) is 0 Å². The van der Waals surface area contributed by atoms with E-state index in [4.69, 9.17) is 33.2 Å². The van der Waals surface area contributed by atoms with Crippen molar-refractivity contribution >= 4 is 137 Å². The lowest BCUT2D eigenvalue weighted by Crippen LogP contribution is -2.19. The molecule has 0 saturated heterocycles. The highest BCUT2D eigenvalue weighted by atomic mass is 79.9. The van der Waals surface area contributed by atoms with E-state index in [1.807, 2.05) is 114 Å². The number of halogens is 3. The second kappa shape index (κ2) is 30.6. The van der Waals surface area contributed by atoms with Crippen molar-refractivity contribution in [2.75, 3.05) is 81.9 Å². The molecule has 12 nitrogen and oxygen atoms in total. The van der Waals surface area contributed by atoms with Gasteiger partial charge in [-0.25, -0.2) is 4.98 Å². The number of hydrogen-bond acceptors (Lipinski definition) is 12. The van der Waals surface area contributed by atoms with Crippen LogP contribution in [0.15, 0.2) is 111 Å². The molecule has 0 radical (unpaired) electrons. The summed E-state index contributed by atoms with van der Waals surface area (Å²) in [5.74, 6) is 2.69. The number of thiazole rings is 1. The fourth-order valence-corrected chi connectivity index (χ4v) is 7.28. The number of hydrogen-bond donors (Lipinski definition) is 4. The van der Waals surface area contributed by atoms with E-state index in [2.05, 4.69) is 78.2 Å². The van der Waals surface area contributed by atoms with Gasteiger partial charge < -0.3 is 41.4 Å². The summed E-state index contributed by atoms with van der Waals surface area (Å²) < 4.78 is 13.1. The highest BCUT2D eigenvalue weighted by Crippen LogP contribution is 2.31. The van der Waals surface area contributed by atoms with E-state index in [0.717, 1.165) is 56.2 Å². The number of nitrogens with two attached hydrogens (primary N) is 2. The number of thioether (sulfide) groups is 1. The SMILES string of the molecule is C.CCSC(N)=NC(=S)Nc1ccc(OCCN(C)C)cc1.CN(C)CCOc1ccc(Nc2nc(N)c(C(=O)c3cccc(Br)c3)s2)cc1.O=C(CBr)c1cccc(Br)c1.P. The molecular weight excluding hydrogens is 1060 g/mol. The number of aromatic nitrogens is 1. The molecule has 336 valence electrons. The minimum atomic E-state index is -0.144. The maximum absolute atomic E-state index is 12.7. The molecule has 0 spiro atoms. The molecule has 0 aliphatic rings. The molecule has 0 aliphatic carbocycles. The number of carbonyl (C=O) groups excluding carboxylic acids is 2. The van der Waals surface area contributed by atoms with E-state index >= 15 is 0 Å². The minimum absolute atomic E-state index is 0. The zero-order chi connectivity index (χ0) is 44.0. The number of nitrogen functional groups attached to an aromatic ring is 1. The number of rotatable bonds is 16. The van der Waals surface area contributed by atoms with Crippen LogP contribution in [-0.4, -0.2) is 102 Å². The number of anilines is 4. The monoisotopic (exact) mass is 1110 g/mol. The molecule has 62 heavy (non-hydrogen) atoms. The second-order valence-electron chi connectivity index (χ2n) is 12.9. The molecule has 0 fully saturated rings. The number of Topliss-reactive ketones (excluding diaryl/α,β-unsaturated/α-hetero) is 1. The molecule has 1 unspecified atom stereocenters. The third-order valence-corrected chi connectivity index (χ3v) is 10.9. The van der Waals surface area contributed by atoms with E-state index in [9.17, 15) is 9.59 Å². The van der Waals surface area contributed by atoms with Gasteiger partial charge in [0, 0.05) is 44.5 Å². The number of thiocarbonyl (C=S) groups is 1. The van der Waals surface area contributed by atoms with Gasteiger partial charge in [-0.05, 0) is 119 Å². The normalized spacial score (nSPS) is 10.5. The Kier molecular flexibility index (Phi) is 27.9. The summed E-state index contributed by atoms with van der Waals surface area (Å²) in [4.78, 5) is 36.7. The number of likely N-dealkylation sites (N-methyl/N-ethyl adjacent to an activating group) is 2. The van der Waals surface area contributed by atoms with Crippen molar-refractivity contribution in [3.8, 4) is 11.5 Å². The Morgan fingerprint density at radius 2 is 1.34 bits per heavy atom. The van der Waals surface area contributed by atoms with Crippen molar-refractivity contribution in [1.82, 2.24) is 14.8 Å². The molecule has 0 amide bonds. The van der Waals surface area contributed by atoms with Gasteiger partial charge in [0.1, 0.15) is 35.4 Å². The number of nitrogens with zero attached hydrogens (tertiary/aromatic N) is 4. The van der Waals surface area contributed by atoms with Crippen LogP contribution < -0.4 is 31.6 Å². The van der Waals surface area contributed by atoms with E-state index in [-0.39, 0.29) is 34.7 Å². The largest absolute Gasteiger partial charge is 0.492 e. The summed E-state index contributed by atoms with van der Waals surface area (Å²) >= 11 is 17.6. The number of ketones is 2. The highest BCUT2D eigenvalue weighted by molar-refractivity contribution is 9.10. The molecule has 1 atom stereocenters. The minimum Gasteiger partial charge on any atom is -0.492 e. The first kappa shape index (κ1) is 56.6. The van der Waals surface area contributed by atoms with Gasteiger partial charge in [-0.3, -0.25) is 9.59 Å². The Morgan fingerprint density at radius 1 is 0.839 bits per heavy atom. The lowest BCUT2D eigenvalue weighted by Gasteiger charge is -2.11. The summed E-state index contributed by atoms with van der Waals surface area (Å²) in [5.41, 5.74) is 14.7. The van der Waals surface area contributed by atoms with Crippen LogP contribution in [-0.2, 0) is 0 Å². The number of aliphatic imine (C=N–C) groups is 1. The van der Waals surface area contributed by atoms with Crippen molar-refractivity contribution in [2.45, 2.75) is 14.4 Å². The molecule has 0 saturated carbocycles. The third-order valence-electron chi connectivity index (χ3n) is 7.54. The summed E-state index contributed by atoms with van der Waals surface area (Å²) in [6.45, 7) is 5.04. The van der Waals surface area contributed by atoms with Crippen molar-refractivity contribution in [3.63, 3.8) is 0 Å². The molecule has 0 aliphatic heterocycles. The molecule has 19 heteroatoms. The predicted octanol–water partition coefficient (Wildman–Crippen LogP) is 10.5. The molecule has 1 heterocycles. The van der Waals surface area contributed by atoms with E-state index in [1.54, 1.807) is 18.2 Å². The van der Waals surface area contributed by atoms with Gasteiger partial charge in [0.05, 0.1) is 5.33 Å². The smallest absolute Gasteiger partial charge is 0.206 e. The summed E-state index contributed by atoms with van der Waals surface area (Å²) in [6, 6.07) is 29.7. The molecular formula is C43H56Br3N8O4PS3. The van der Waals surface area contributed by atoms with Crippen LogP contribution in [0.5, 0.6) is 11.5 Å². The number of amidine groups is 1. The summed E-state index contributed by atoms with van der Waals surface area (Å²) in [5, 5.41) is 7.98. The molecule has 6 N–H and O–H groups in total. The van der Waals surface area contributed by atoms with E-state index in [1.165, 1.54) is 23.1 Å². The van der Waals surface area contributed by atoms with Gasteiger partial charge in [0.2, 0.25) is 5.78 Å². The quantitative estimate of drug-likeness (QED) is 0.0185. The van der Waals surface area contributed by atoms with E-state index in [0.29, 0.717) is 44.4 Å². The van der Waals surface area contributed by atoms with Gasteiger partial charge >= 0.3 is 0 Å².